The number of nitrogens with one attached hydrogen (secondary N) is 4. The number of pyridine rings is 1. The van der Waals surface area contributed by atoms with Gasteiger partial charge in [0, 0.05) is 43.8 Å². The van der Waals surface area contributed by atoms with Gasteiger partial charge in [-0.1, -0.05) is 12.1 Å². The maximum absolute atomic E-state index is 13.5. The lowest BCUT2D eigenvalue weighted by atomic mass is 10.2. The van der Waals surface area contributed by atoms with Gasteiger partial charge in [-0.25, -0.2) is 19.0 Å². The Morgan fingerprint density at radius 1 is 1.09 bits per heavy atom. The molecule has 0 atom stereocenters. The van der Waals surface area contributed by atoms with E-state index in [4.69, 9.17) is 4.63 Å². The Morgan fingerprint density at radius 3 is 2.72 bits per heavy atom. The predicted molar refractivity (Wildman–Crippen MR) is 159 cm³/mol. The number of carbonyl (C=O) groups is 2. The fourth-order valence-electron chi connectivity index (χ4n) is 4.00. The molecule has 13 nitrogen and oxygen atoms in total. The van der Waals surface area contributed by atoms with Crippen molar-refractivity contribution in [3.8, 4) is 0 Å². The second-order valence-corrected chi connectivity index (χ2v) is 10.1. The Balaban J connectivity index is 1.06. The summed E-state index contributed by atoms with van der Waals surface area (Å²) in [6, 6.07) is 14.8. The number of amides is 2. The van der Waals surface area contributed by atoms with Gasteiger partial charge in [0.1, 0.15) is 11.5 Å². The highest BCUT2D eigenvalue weighted by atomic mass is 79.9. The second-order valence-electron chi connectivity index (χ2n) is 9.20. The lowest BCUT2D eigenvalue weighted by Crippen LogP contribution is -2.23. The van der Waals surface area contributed by atoms with Crippen molar-refractivity contribution in [1.82, 2.24) is 30.5 Å². The van der Waals surface area contributed by atoms with E-state index in [1.165, 1.54) is 18.2 Å². The largest absolute Gasteiger partial charge is 0.365 e. The zero-order valence-electron chi connectivity index (χ0n) is 22.4. The fourth-order valence-corrected chi connectivity index (χ4v) is 4.37. The third-order valence-electron chi connectivity index (χ3n) is 6.18. The van der Waals surface area contributed by atoms with Crippen molar-refractivity contribution in [2.45, 2.75) is 19.4 Å². The number of carbonyl (C=O) groups excluding carboxylic acids is 2. The second kappa shape index (κ2) is 13.7. The molecule has 0 aliphatic rings. The normalized spacial score (nSPS) is 11.4. The average Bonchev–Trinajstić information content (AvgIpc) is 3.68. The highest BCUT2D eigenvalue weighted by Gasteiger charge is 2.17. The molecule has 2 aromatic carbocycles. The van der Waals surface area contributed by atoms with E-state index in [-0.39, 0.29) is 40.1 Å². The first-order valence-corrected chi connectivity index (χ1v) is 13.8. The van der Waals surface area contributed by atoms with Gasteiger partial charge in [0.2, 0.25) is 11.7 Å². The molecule has 0 bridgehead atoms. The van der Waals surface area contributed by atoms with Gasteiger partial charge in [0.25, 0.3) is 5.91 Å². The number of hydrogen-bond donors (Lipinski definition) is 5. The van der Waals surface area contributed by atoms with E-state index in [1.54, 1.807) is 47.3 Å². The van der Waals surface area contributed by atoms with Gasteiger partial charge in [-0.15, -0.1) is 0 Å². The summed E-state index contributed by atoms with van der Waals surface area (Å²) in [6.45, 7) is 0.682. The molecule has 0 aliphatic heterocycles. The molecule has 5 N–H and O–H groups in total. The van der Waals surface area contributed by atoms with Gasteiger partial charge in [0.15, 0.2) is 11.5 Å². The molecule has 15 heteroatoms. The van der Waals surface area contributed by atoms with Crippen LogP contribution in [0.15, 0.2) is 87.3 Å². The molecule has 0 radical (unpaired) electrons. The van der Waals surface area contributed by atoms with Crippen LogP contribution in [0.4, 0.5) is 21.6 Å². The summed E-state index contributed by atoms with van der Waals surface area (Å²) >= 11 is 3.09. The quantitative estimate of drug-likeness (QED) is 0.0600. The molecule has 43 heavy (non-hydrogen) atoms. The van der Waals surface area contributed by atoms with Crippen LogP contribution in [0.2, 0.25) is 0 Å². The summed E-state index contributed by atoms with van der Waals surface area (Å²) < 4.78 is 20.3. The van der Waals surface area contributed by atoms with Crippen LogP contribution in [0, 0.1) is 5.82 Å². The number of halogens is 2. The first-order valence-electron chi connectivity index (χ1n) is 13.0. The standard InChI is InChI=1S/C28H25BrFN9O4/c29-21-14-20(8-9-22(21)30)35-27(36-42)25-26(38-43-37-25)32-11-1-2-24(40)34-19-6-3-17(4-7-19)15-33-28(41)18-5-10-23-31-12-13-39(23)16-18/h3-10,12-14,16,42H,1-2,11,15H2,(H,32,38)(H,33,41)(H,34,40)(H,35,36). The molecule has 0 fully saturated rings. The maximum atomic E-state index is 13.5. The predicted octanol–water partition coefficient (Wildman–Crippen LogP) is 4.44. The Morgan fingerprint density at radius 2 is 1.93 bits per heavy atom. The Kier molecular flexibility index (Phi) is 9.33. The molecular weight excluding hydrogens is 625 g/mol. The summed E-state index contributed by atoms with van der Waals surface area (Å²) in [5.41, 5.74) is 5.18. The van der Waals surface area contributed by atoms with E-state index in [2.05, 4.69) is 52.2 Å². The fraction of sp³-hybridized carbons (Fsp3) is 0.143. The van der Waals surface area contributed by atoms with Gasteiger partial charge >= 0.3 is 0 Å². The van der Waals surface area contributed by atoms with Gasteiger partial charge in [-0.05, 0) is 80.7 Å². The number of aliphatic imine (C=N–C) groups is 1. The number of hydrogen-bond acceptors (Lipinski definition) is 9. The highest BCUT2D eigenvalue weighted by molar-refractivity contribution is 9.10. The molecule has 0 spiro atoms. The summed E-state index contributed by atoms with van der Waals surface area (Å²) in [6.07, 6.45) is 5.84. The van der Waals surface area contributed by atoms with Crippen molar-refractivity contribution in [1.29, 1.82) is 0 Å². The van der Waals surface area contributed by atoms with Crippen molar-refractivity contribution >= 4 is 56.4 Å². The number of fused-ring (bicyclic) bond motifs is 1. The zero-order valence-corrected chi connectivity index (χ0v) is 24.0. The summed E-state index contributed by atoms with van der Waals surface area (Å²) in [5, 5.41) is 25.8. The smallest absolute Gasteiger partial charge is 0.253 e. The van der Waals surface area contributed by atoms with Crippen molar-refractivity contribution in [2.24, 2.45) is 4.99 Å². The zero-order chi connectivity index (χ0) is 30.2. The molecule has 5 rings (SSSR count). The van der Waals surface area contributed by atoms with E-state index in [1.807, 2.05) is 17.6 Å². The minimum Gasteiger partial charge on any atom is -0.365 e. The first-order chi connectivity index (χ1) is 20.9. The summed E-state index contributed by atoms with van der Waals surface area (Å²) in [7, 11) is 0. The van der Waals surface area contributed by atoms with Crippen LogP contribution in [-0.4, -0.2) is 49.1 Å². The molecular formula is C28H25BrFN9O4. The number of nitrogens with zero attached hydrogens (tertiary/aromatic N) is 5. The van der Waals surface area contributed by atoms with Gasteiger partial charge in [-0.3, -0.25) is 20.3 Å². The molecule has 0 unspecified atom stereocenters. The van der Waals surface area contributed by atoms with Crippen LogP contribution >= 0.6 is 15.9 Å². The van der Waals surface area contributed by atoms with Gasteiger partial charge < -0.3 is 20.4 Å². The molecule has 3 aromatic heterocycles. The van der Waals surface area contributed by atoms with Crippen molar-refractivity contribution < 1.29 is 23.8 Å². The van der Waals surface area contributed by atoms with Gasteiger partial charge in [0.05, 0.1) is 15.7 Å². The summed E-state index contributed by atoms with van der Waals surface area (Å²) in [4.78, 5) is 33.3. The number of rotatable bonds is 11. The number of amidine groups is 1. The van der Waals surface area contributed by atoms with Crippen LogP contribution < -0.4 is 21.4 Å². The third kappa shape index (κ3) is 7.58. The van der Waals surface area contributed by atoms with Crippen LogP contribution in [0.3, 0.4) is 0 Å². The SMILES string of the molecule is O=C(CCCNc1nonc1C(=Nc1ccc(F)c(Br)c1)NO)Nc1ccc(CNC(=O)c2ccc3nccn3c2)cc1. The number of benzene rings is 2. The minimum absolute atomic E-state index is 0.0704. The Labute approximate surface area is 252 Å². The van der Waals surface area contributed by atoms with E-state index < -0.39 is 5.82 Å². The molecule has 0 aliphatic carbocycles. The van der Waals surface area contributed by atoms with Crippen molar-refractivity contribution in [3.05, 3.63) is 100 Å². The van der Waals surface area contributed by atoms with Crippen molar-refractivity contribution in [3.63, 3.8) is 0 Å². The first kappa shape index (κ1) is 29.3. The van der Waals surface area contributed by atoms with E-state index in [0.717, 1.165) is 11.2 Å². The third-order valence-corrected chi connectivity index (χ3v) is 6.79. The lowest BCUT2D eigenvalue weighted by Gasteiger charge is -2.09. The minimum atomic E-state index is -0.453. The Hall–Kier alpha value is -5.15. The number of hydroxylamine groups is 1. The van der Waals surface area contributed by atoms with Gasteiger partial charge in [-0.2, -0.15) is 0 Å². The average molecular weight is 650 g/mol. The van der Waals surface area contributed by atoms with Crippen LogP contribution in [-0.2, 0) is 11.3 Å². The summed E-state index contributed by atoms with van der Waals surface area (Å²) in [5.74, 6) is -0.707. The van der Waals surface area contributed by atoms with Crippen LogP contribution in [0.1, 0.15) is 34.5 Å². The maximum Gasteiger partial charge on any atom is 0.253 e. The highest BCUT2D eigenvalue weighted by Crippen LogP contribution is 2.23. The lowest BCUT2D eigenvalue weighted by molar-refractivity contribution is -0.116. The topological polar surface area (TPSA) is 171 Å². The monoisotopic (exact) mass is 649 g/mol. The Bertz CT molecular complexity index is 1770. The number of imidazole rings is 1. The van der Waals surface area contributed by atoms with E-state index in [0.29, 0.717) is 36.4 Å². The number of aromatic nitrogens is 4. The molecule has 0 saturated heterocycles. The van der Waals surface area contributed by atoms with E-state index >= 15 is 0 Å². The van der Waals surface area contributed by atoms with Crippen LogP contribution in [0.5, 0.6) is 0 Å². The molecule has 220 valence electrons. The molecule has 2 amide bonds. The van der Waals surface area contributed by atoms with Crippen molar-refractivity contribution in [2.75, 3.05) is 17.2 Å². The molecule has 0 saturated carbocycles. The van der Waals surface area contributed by atoms with E-state index in [9.17, 15) is 19.2 Å². The molecule has 3 heterocycles. The van der Waals surface area contributed by atoms with Crippen LogP contribution in [0.25, 0.3) is 5.65 Å². The number of anilines is 2. The molecule has 5 aromatic rings.